The highest BCUT2D eigenvalue weighted by Gasteiger charge is 2.23. The molecule has 0 aliphatic heterocycles. The van der Waals surface area contributed by atoms with Crippen molar-refractivity contribution in [3.63, 3.8) is 0 Å². The van der Waals surface area contributed by atoms with Gasteiger partial charge in [0, 0.05) is 25.0 Å². The van der Waals surface area contributed by atoms with Gasteiger partial charge >= 0.3 is 0 Å². The molecule has 0 rings (SSSR count). The van der Waals surface area contributed by atoms with Gasteiger partial charge in [-0.05, 0) is 224 Å². The van der Waals surface area contributed by atoms with Crippen LogP contribution in [0.25, 0.3) is 0 Å². The van der Waals surface area contributed by atoms with Gasteiger partial charge in [-0.2, -0.15) is 0 Å². The van der Waals surface area contributed by atoms with Crippen molar-refractivity contribution in [2.24, 2.45) is 82.9 Å². The first-order valence-corrected chi connectivity index (χ1v) is 30.9. The van der Waals surface area contributed by atoms with E-state index in [9.17, 15) is 0 Å². The van der Waals surface area contributed by atoms with E-state index in [1.807, 2.05) is 0 Å². The smallest absolute Gasteiger partial charge is 0.160 e. The van der Waals surface area contributed by atoms with Crippen molar-refractivity contribution in [3.05, 3.63) is 0 Å². The number of rotatable bonds is 48. The van der Waals surface area contributed by atoms with E-state index in [2.05, 4.69) is 111 Å². The fourth-order valence-electron chi connectivity index (χ4n) is 13.1. The first-order chi connectivity index (χ1) is 31.8. The van der Waals surface area contributed by atoms with Crippen LogP contribution >= 0.6 is 23.2 Å². The monoisotopic (exact) mass is 987 g/mol. The van der Waals surface area contributed by atoms with Crippen LogP contribution < -0.4 is 0 Å². The normalized spacial score (nSPS) is 19.6. The average Bonchev–Trinajstić information content (AvgIpc) is 3.21. The summed E-state index contributed by atoms with van der Waals surface area (Å²) in [5.41, 5.74) is 0. The Morgan fingerprint density at radius 3 is 0.687 bits per heavy atom. The summed E-state index contributed by atoms with van der Waals surface area (Å²) in [6, 6.07) is 0. The first-order valence-electron chi connectivity index (χ1n) is 29.8. The molecule has 0 spiro atoms. The lowest BCUT2D eigenvalue weighted by Crippen LogP contribution is -2.28. The maximum Gasteiger partial charge on any atom is 0.160 e. The second kappa shape index (κ2) is 42.9. The molecule has 16 atom stereocenters. The van der Waals surface area contributed by atoms with Crippen LogP contribution in [0.5, 0.6) is 0 Å². The third-order valence-corrected chi connectivity index (χ3v) is 16.0. The Kier molecular flexibility index (Phi) is 43.2. The standard InChI is InChI=1S/C62H124Cl2O3/c1-17-19-33-65-61(29-21-25-47(3)35-51(7)39-55(11)43-59(15)45-57(13)41-53(9)37-49(5)27-23-31-63)67-62(66-34-20-18-2)30-22-26-48(4)36-52(8)40-56(12)44-60(16)46-58(14)42-54(10)38-50(6)28-24-32-64/h47-62H,17-46H2,1-16H3. The topological polar surface area (TPSA) is 27.7 Å². The Hall–Kier alpha value is 0.460. The predicted octanol–water partition coefficient (Wildman–Crippen LogP) is 21.3. The summed E-state index contributed by atoms with van der Waals surface area (Å²) in [7, 11) is 0. The molecule has 0 heterocycles. The molecule has 0 fully saturated rings. The fourth-order valence-corrected chi connectivity index (χ4v) is 13.4. The van der Waals surface area contributed by atoms with E-state index in [1.165, 1.54) is 103 Å². The Bertz CT molecular complexity index is 978. The minimum Gasteiger partial charge on any atom is -0.353 e. The Morgan fingerprint density at radius 1 is 0.269 bits per heavy atom. The van der Waals surface area contributed by atoms with Crippen LogP contribution in [0, 0.1) is 82.9 Å². The molecule has 0 bridgehead atoms. The van der Waals surface area contributed by atoms with E-state index in [4.69, 9.17) is 37.4 Å². The van der Waals surface area contributed by atoms with Gasteiger partial charge in [0.25, 0.3) is 0 Å². The van der Waals surface area contributed by atoms with Crippen LogP contribution in [0.1, 0.15) is 278 Å². The highest BCUT2D eigenvalue weighted by molar-refractivity contribution is 6.18. The van der Waals surface area contributed by atoms with Crippen LogP contribution in [-0.4, -0.2) is 37.6 Å². The van der Waals surface area contributed by atoms with Crippen molar-refractivity contribution in [2.45, 2.75) is 290 Å². The van der Waals surface area contributed by atoms with E-state index < -0.39 is 0 Å². The molecule has 0 saturated heterocycles. The summed E-state index contributed by atoms with van der Waals surface area (Å²) in [4.78, 5) is 0. The molecule has 3 nitrogen and oxygen atoms in total. The van der Waals surface area contributed by atoms with E-state index in [0.717, 1.165) is 172 Å². The number of ether oxygens (including phenoxy) is 3. The molecule has 16 unspecified atom stereocenters. The maximum atomic E-state index is 6.75. The summed E-state index contributed by atoms with van der Waals surface area (Å²) in [5, 5.41) is 0. The number of alkyl halides is 2. The summed E-state index contributed by atoms with van der Waals surface area (Å²) in [6.45, 7) is 40.8. The molecular formula is C62H124Cl2O3. The molecule has 0 radical (unpaired) electrons. The van der Waals surface area contributed by atoms with Gasteiger partial charge in [-0.25, -0.2) is 0 Å². The molecule has 67 heavy (non-hydrogen) atoms. The summed E-state index contributed by atoms with van der Waals surface area (Å²) in [6.07, 6.45) is 32.0. The van der Waals surface area contributed by atoms with Gasteiger partial charge in [-0.15, -0.1) is 23.2 Å². The zero-order chi connectivity index (χ0) is 50.6. The van der Waals surface area contributed by atoms with E-state index in [1.54, 1.807) is 0 Å². The summed E-state index contributed by atoms with van der Waals surface area (Å²) >= 11 is 11.9. The fraction of sp³-hybridized carbons (Fsp3) is 1.00. The van der Waals surface area contributed by atoms with Gasteiger partial charge in [0.2, 0.25) is 0 Å². The van der Waals surface area contributed by atoms with E-state index in [-0.39, 0.29) is 12.6 Å². The SMILES string of the molecule is CCCCOC(CCCC(C)CC(C)CC(C)CC(C)CC(C)CC(C)CC(C)CCCCl)OC(CCCC(C)CC(C)CC(C)CC(C)CC(C)CC(C)CC(C)CCCCl)OCCCC. The first kappa shape index (κ1) is 67.5. The van der Waals surface area contributed by atoms with E-state index >= 15 is 0 Å². The minimum atomic E-state index is -0.170. The second-order valence-corrected chi connectivity index (χ2v) is 26.0. The largest absolute Gasteiger partial charge is 0.353 e. The lowest BCUT2D eigenvalue weighted by atomic mass is 9.80. The lowest BCUT2D eigenvalue weighted by molar-refractivity contribution is -0.250. The van der Waals surface area contributed by atoms with Gasteiger partial charge in [-0.1, -0.05) is 136 Å². The number of hydrogen-bond donors (Lipinski definition) is 0. The van der Waals surface area contributed by atoms with Crippen LogP contribution in [0.3, 0.4) is 0 Å². The van der Waals surface area contributed by atoms with Crippen LogP contribution in [-0.2, 0) is 14.2 Å². The van der Waals surface area contributed by atoms with Gasteiger partial charge in [0.1, 0.15) is 0 Å². The number of halogens is 2. The predicted molar refractivity (Wildman–Crippen MR) is 302 cm³/mol. The van der Waals surface area contributed by atoms with Crippen molar-refractivity contribution in [1.29, 1.82) is 0 Å². The van der Waals surface area contributed by atoms with Crippen LogP contribution in [0.4, 0.5) is 0 Å². The van der Waals surface area contributed by atoms with Crippen molar-refractivity contribution in [1.82, 2.24) is 0 Å². The quantitative estimate of drug-likeness (QED) is 0.0345. The van der Waals surface area contributed by atoms with Crippen molar-refractivity contribution in [3.8, 4) is 0 Å². The van der Waals surface area contributed by atoms with Crippen molar-refractivity contribution < 1.29 is 14.2 Å². The summed E-state index contributed by atoms with van der Waals surface area (Å²) < 4.78 is 19.7. The van der Waals surface area contributed by atoms with Crippen LogP contribution in [0.15, 0.2) is 0 Å². The zero-order valence-corrected chi connectivity index (χ0v) is 49.9. The zero-order valence-electron chi connectivity index (χ0n) is 48.4. The van der Waals surface area contributed by atoms with Gasteiger partial charge < -0.3 is 14.2 Å². The number of unbranched alkanes of at least 4 members (excludes halogenated alkanes) is 2. The highest BCUT2D eigenvalue weighted by Crippen LogP contribution is 2.33. The molecule has 0 aromatic rings. The molecule has 5 heteroatoms. The molecule has 0 N–H and O–H groups in total. The van der Waals surface area contributed by atoms with Gasteiger partial charge in [0.05, 0.1) is 0 Å². The molecule has 0 amide bonds. The Balaban J connectivity index is 4.88. The average molecular weight is 989 g/mol. The molecule has 0 aliphatic rings. The number of hydrogen-bond acceptors (Lipinski definition) is 3. The minimum absolute atomic E-state index is 0.170. The Morgan fingerprint density at radius 2 is 0.478 bits per heavy atom. The highest BCUT2D eigenvalue weighted by atomic mass is 35.5. The van der Waals surface area contributed by atoms with Gasteiger partial charge in [0.15, 0.2) is 12.6 Å². The third-order valence-electron chi connectivity index (χ3n) is 15.5. The van der Waals surface area contributed by atoms with Crippen molar-refractivity contribution >= 4 is 23.2 Å². The summed E-state index contributed by atoms with van der Waals surface area (Å²) in [5.74, 6) is 12.7. The van der Waals surface area contributed by atoms with E-state index in [0.29, 0.717) is 0 Å². The Labute approximate surface area is 433 Å². The molecule has 404 valence electrons. The van der Waals surface area contributed by atoms with Crippen LogP contribution in [0.2, 0.25) is 0 Å². The third kappa shape index (κ3) is 40.6. The maximum absolute atomic E-state index is 6.75. The molecular weight excluding hydrogens is 864 g/mol. The molecule has 0 aliphatic carbocycles. The molecule has 0 saturated carbocycles. The van der Waals surface area contributed by atoms with Gasteiger partial charge in [-0.3, -0.25) is 0 Å². The molecule has 0 aromatic heterocycles. The molecule has 0 aromatic carbocycles. The van der Waals surface area contributed by atoms with Crippen molar-refractivity contribution in [2.75, 3.05) is 25.0 Å². The lowest BCUT2D eigenvalue weighted by Gasteiger charge is -2.27. The second-order valence-electron chi connectivity index (χ2n) is 25.3.